The van der Waals surface area contributed by atoms with Crippen LogP contribution in [0.4, 0.5) is 5.69 Å². The molecule has 35 heavy (non-hydrogen) atoms. The molecule has 3 N–H and O–H groups in total. The maximum Gasteiger partial charge on any atom is 0.300 e. The first-order valence-corrected chi connectivity index (χ1v) is 11.4. The van der Waals surface area contributed by atoms with Crippen LogP contribution >= 0.6 is 0 Å². The van der Waals surface area contributed by atoms with Gasteiger partial charge in [-0.25, -0.2) is 0 Å². The van der Waals surface area contributed by atoms with Crippen LogP contribution in [0.3, 0.4) is 0 Å². The number of aliphatic hydroxyl groups excluding tert-OH is 1. The first-order chi connectivity index (χ1) is 17.0. The van der Waals surface area contributed by atoms with Crippen molar-refractivity contribution in [2.24, 2.45) is 0 Å². The van der Waals surface area contributed by atoms with Crippen LogP contribution in [0.15, 0.2) is 84.6 Å². The Kier molecular flexibility index (Phi) is 5.74. The molecule has 1 amide bonds. The van der Waals surface area contributed by atoms with Crippen LogP contribution in [-0.4, -0.2) is 33.5 Å². The smallest absolute Gasteiger partial charge is 0.300 e. The first-order valence-electron chi connectivity index (χ1n) is 11.4. The van der Waals surface area contributed by atoms with Crippen molar-refractivity contribution in [3.63, 3.8) is 0 Å². The zero-order chi connectivity index (χ0) is 24.5. The third-order valence-electron chi connectivity index (χ3n) is 6.10. The molecule has 7 heteroatoms. The summed E-state index contributed by atoms with van der Waals surface area (Å²) >= 11 is 0. The molecule has 1 fully saturated rings. The number of ether oxygens (including phenoxy) is 1. The summed E-state index contributed by atoms with van der Waals surface area (Å²) in [7, 11) is 0. The lowest BCUT2D eigenvalue weighted by Gasteiger charge is -2.25. The highest BCUT2D eigenvalue weighted by Crippen LogP contribution is 2.46. The summed E-state index contributed by atoms with van der Waals surface area (Å²) in [5, 5.41) is 22.7. The van der Waals surface area contributed by atoms with Gasteiger partial charge in [0.05, 0.1) is 23.9 Å². The Morgan fingerprint density at radius 1 is 1.00 bits per heavy atom. The first kappa shape index (κ1) is 22.3. The van der Waals surface area contributed by atoms with E-state index < -0.39 is 17.7 Å². The summed E-state index contributed by atoms with van der Waals surface area (Å²) in [6.45, 7) is 2.58. The molecule has 0 spiro atoms. The number of aromatic amines is 1. The van der Waals surface area contributed by atoms with Gasteiger partial charge in [0.25, 0.3) is 11.7 Å². The number of nitrogens with zero attached hydrogens (tertiary/aromatic N) is 1. The van der Waals surface area contributed by atoms with E-state index in [0.717, 1.165) is 17.3 Å². The van der Waals surface area contributed by atoms with Gasteiger partial charge in [-0.1, -0.05) is 37.3 Å². The monoisotopic (exact) mass is 468 g/mol. The van der Waals surface area contributed by atoms with Crippen molar-refractivity contribution in [2.45, 2.75) is 19.4 Å². The molecule has 0 aliphatic carbocycles. The Morgan fingerprint density at radius 2 is 1.71 bits per heavy atom. The largest absolute Gasteiger partial charge is 0.507 e. The second-order valence-corrected chi connectivity index (χ2v) is 8.32. The Morgan fingerprint density at radius 3 is 2.46 bits per heavy atom. The van der Waals surface area contributed by atoms with Crippen LogP contribution < -0.4 is 9.64 Å². The molecule has 4 aromatic rings. The summed E-state index contributed by atoms with van der Waals surface area (Å²) in [5.41, 5.74) is 1.97. The number of carbonyl (C=O) groups excluding carboxylic acids is 2. The number of hydrogen-bond donors (Lipinski definition) is 3. The maximum atomic E-state index is 13.3. The number of rotatable bonds is 6. The predicted molar refractivity (Wildman–Crippen MR) is 133 cm³/mol. The molecule has 1 unspecified atom stereocenters. The number of fused-ring (bicyclic) bond motifs is 1. The van der Waals surface area contributed by atoms with Crippen molar-refractivity contribution in [1.82, 2.24) is 4.98 Å². The minimum atomic E-state index is -0.949. The molecule has 1 atom stereocenters. The molecular formula is C28H24N2O5. The van der Waals surface area contributed by atoms with E-state index in [1.54, 1.807) is 48.7 Å². The maximum absolute atomic E-state index is 13.3. The summed E-state index contributed by atoms with van der Waals surface area (Å²) in [5.74, 6) is -1.44. The van der Waals surface area contributed by atoms with Crippen LogP contribution in [0.2, 0.25) is 0 Å². The number of aliphatic hydroxyl groups is 1. The number of amides is 1. The molecule has 1 aromatic heterocycles. The second-order valence-electron chi connectivity index (χ2n) is 8.32. The molecule has 7 nitrogen and oxygen atoms in total. The molecule has 3 aromatic carbocycles. The molecule has 1 aliphatic rings. The van der Waals surface area contributed by atoms with Gasteiger partial charge in [-0.3, -0.25) is 14.5 Å². The van der Waals surface area contributed by atoms with Gasteiger partial charge in [0, 0.05) is 28.2 Å². The molecule has 0 saturated carbocycles. The number of phenols is 1. The Balaban J connectivity index is 1.70. The van der Waals surface area contributed by atoms with Crippen molar-refractivity contribution in [1.29, 1.82) is 0 Å². The van der Waals surface area contributed by atoms with Crippen LogP contribution in [0.5, 0.6) is 11.5 Å². The lowest BCUT2D eigenvalue weighted by Crippen LogP contribution is -2.29. The van der Waals surface area contributed by atoms with Gasteiger partial charge in [-0.05, 0) is 48.9 Å². The number of carbonyl (C=O) groups is 2. The van der Waals surface area contributed by atoms with Crippen molar-refractivity contribution in [2.75, 3.05) is 11.5 Å². The molecule has 0 radical (unpaired) electrons. The van der Waals surface area contributed by atoms with E-state index in [9.17, 15) is 19.8 Å². The molecule has 176 valence electrons. The number of hydrogen-bond acceptors (Lipinski definition) is 5. The quantitative estimate of drug-likeness (QED) is 0.203. The Hall–Kier alpha value is -4.52. The number of nitrogens with one attached hydrogen (secondary N) is 1. The summed E-state index contributed by atoms with van der Waals surface area (Å²) in [6.07, 6.45) is 2.59. The minimum Gasteiger partial charge on any atom is -0.507 e. The molecule has 0 bridgehead atoms. The molecular weight excluding hydrogens is 444 g/mol. The summed E-state index contributed by atoms with van der Waals surface area (Å²) < 4.78 is 5.61. The van der Waals surface area contributed by atoms with Crippen molar-refractivity contribution >= 4 is 34.0 Å². The second kappa shape index (κ2) is 9.02. The zero-order valence-electron chi connectivity index (χ0n) is 19.1. The van der Waals surface area contributed by atoms with Gasteiger partial charge < -0.3 is 19.9 Å². The van der Waals surface area contributed by atoms with Gasteiger partial charge in [0.1, 0.15) is 17.3 Å². The number of para-hydroxylation sites is 3. The average molecular weight is 469 g/mol. The molecule has 2 heterocycles. The summed E-state index contributed by atoms with van der Waals surface area (Å²) in [6, 6.07) is 19.6. The van der Waals surface area contributed by atoms with Crippen LogP contribution in [-0.2, 0) is 9.59 Å². The summed E-state index contributed by atoms with van der Waals surface area (Å²) in [4.78, 5) is 31.1. The number of ketones is 1. The van der Waals surface area contributed by atoms with Crippen LogP contribution in [0, 0.1) is 0 Å². The highest BCUT2D eigenvalue weighted by molar-refractivity contribution is 6.52. The third-order valence-corrected chi connectivity index (χ3v) is 6.10. The van der Waals surface area contributed by atoms with Gasteiger partial charge in [-0.15, -0.1) is 0 Å². The molecule has 5 rings (SSSR count). The molecule has 1 aliphatic heterocycles. The van der Waals surface area contributed by atoms with Gasteiger partial charge in [0.2, 0.25) is 0 Å². The SMILES string of the molecule is CCCOc1ccc(/C(O)=C2\C(=O)C(=O)N(c3ccccc3O)C2c2c[nH]c3ccccc23)cc1. The average Bonchev–Trinajstić information content (AvgIpc) is 3.41. The standard InChI is InChI=1S/C28H24N2O5/c1-2-15-35-18-13-11-17(12-14-18)26(32)24-25(20-16-29-21-8-4-3-7-19(20)21)30(28(34)27(24)33)22-9-5-6-10-23(22)31/h3-14,16,25,29,31-32H,2,15H2,1H3/b26-24+. The van der Waals surface area contributed by atoms with Gasteiger partial charge >= 0.3 is 0 Å². The van der Waals surface area contributed by atoms with E-state index in [4.69, 9.17) is 4.74 Å². The van der Waals surface area contributed by atoms with Gasteiger partial charge in [0.15, 0.2) is 0 Å². The lowest BCUT2D eigenvalue weighted by molar-refractivity contribution is -0.132. The topological polar surface area (TPSA) is 103 Å². The number of aromatic nitrogens is 1. The minimum absolute atomic E-state index is 0.0507. The van der Waals surface area contributed by atoms with E-state index in [1.807, 2.05) is 31.2 Å². The highest BCUT2D eigenvalue weighted by atomic mass is 16.5. The normalized spacial score (nSPS) is 17.3. The van der Waals surface area contributed by atoms with Crippen LogP contribution in [0.25, 0.3) is 16.7 Å². The number of anilines is 1. The van der Waals surface area contributed by atoms with E-state index >= 15 is 0 Å². The van der Waals surface area contributed by atoms with E-state index in [0.29, 0.717) is 23.5 Å². The number of aromatic hydroxyl groups is 1. The zero-order valence-corrected chi connectivity index (χ0v) is 19.1. The number of benzene rings is 3. The number of H-pyrrole nitrogens is 1. The molecule has 1 saturated heterocycles. The van der Waals surface area contributed by atoms with Crippen molar-refractivity contribution < 1.29 is 24.5 Å². The number of phenolic OH excluding ortho intramolecular Hbond substituents is 1. The Labute approximate surface area is 201 Å². The van der Waals surface area contributed by atoms with Crippen molar-refractivity contribution in [3.8, 4) is 11.5 Å². The van der Waals surface area contributed by atoms with Crippen LogP contribution in [0.1, 0.15) is 30.5 Å². The van der Waals surface area contributed by atoms with E-state index in [2.05, 4.69) is 4.98 Å². The predicted octanol–water partition coefficient (Wildman–Crippen LogP) is 5.29. The fraction of sp³-hybridized carbons (Fsp3) is 0.143. The fourth-order valence-electron chi connectivity index (χ4n) is 4.45. The lowest BCUT2D eigenvalue weighted by atomic mass is 9.94. The van der Waals surface area contributed by atoms with E-state index in [1.165, 1.54) is 11.0 Å². The highest BCUT2D eigenvalue weighted by Gasteiger charge is 2.48. The van der Waals surface area contributed by atoms with Gasteiger partial charge in [-0.2, -0.15) is 0 Å². The fourth-order valence-corrected chi connectivity index (χ4v) is 4.45. The number of Topliss-reactive ketones (excluding diaryl/α,β-unsaturated/α-hetero) is 1. The third kappa shape index (κ3) is 3.81. The van der Waals surface area contributed by atoms with Crippen molar-refractivity contribution in [3.05, 3.63) is 95.7 Å². The Bertz CT molecular complexity index is 1450. The van der Waals surface area contributed by atoms with E-state index in [-0.39, 0.29) is 22.8 Å².